The molecule has 7 nitrogen and oxygen atoms in total. The minimum absolute atomic E-state index is 0.0781. The van der Waals surface area contributed by atoms with E-state index in [0.717, 1.165) is 29.9 Å². The summed E-state index contributed by atoms with van der Waals surface area (Å²) in [4.78, 5) is 32.7. The first kappa shape index (κ1) is 20.3. The fraction of sp³-hybridized carbons (Fsp3) is 0.348. The van der Waals surface area contributed by atoms with Crippen molar-refractivity contribution in [3.63, 3.8) is 0 Å². The van der Waals surface area contributed by atoms with E-state index in [1.807, 2.05) is 54.9 Å². The molecule has 1 fully saturated rings. The molecule has 1 atom stereocenters. The highest BCUT2D eigenvalue weighted by Crippen LogP contribution is 2.19. The van der Waals surface area contributed by atoms with E-state index in [1.165, 1.54) is 0 Å². The van der Waals surface area contributed by atoms with Gasteiger partial charge in [-0.05, 0) is 31.2 Å². The molecule has 1 N–H and O–H groups in total. The van der Waals surface area contributed by atoms with Gasteiger partial charge < -0.3 is 14.6 Å². The summed E-state index contributed by atoms with van der Waals surface area (Å²) in [6.45, 7) is 5.15. The predicted octanol–water partition coefficient (Wildman–Crippen LogP) is 2.05. The average Bonchev–Trinajstić information content (AvgIpc) is 2.77. The molecule has 1 saturated heterocycles. The number of nitrogens with one attached hydrogen (secondary N) is 1. The predicted molar refractivity (Wildman–Crippen MR) is 116 cm³/mol. The summed E-state index contributed by atoms with van der Waals surface area (Å²) in [6, 6.07) is 11.4. The molecule has 3 aromatic rings. The Morgan fingerprint density at radius 1 is 1.23 bits per heavy atom. The van der Waals surface area contributed by atoms with E-state index in [4.69, 9.17) is 4.74 Å². The van der Waals surface area contributed by atoms with Crippen LogP contribution in [0.25, 0.3) is 10.9 Å². The maximum atomic E-state index is 13.0. The number of rotatable bonds is 5. The Hall–Kier alpha value is -3.03. The van der Waals surface area contributed by atoms with Crippen molar-refractivity contribution in [3.8, 4) is 0 Å². The first-order valence-corrected chi connectivity index (χ1v) is 10.2. The number of hydrogen-bond acceptors (Lipinski definition) is 5. The van der Waals surface area contributed by atoms with Crippen molar-refractivity contribution >= 4 is 16.8 Å². The van der Waals surface area contributed by atoms with Gasteiger partial charge in [-0.25, -0.2) is 0 Å². The van der Waals surface area contributed by atoms with Crippen LogP contribution in [0, 0.1) is 6.92 Å². The first-order chi connectivity index (χ1) is 14.5. The first-order valence-electron chi connectivity index (χ1n) is 10.2. The number of hydrogen-bond donors (Lipinski definition) is 1. The average molecular weight is 406 g/mol. The molecule has 3 heterocycles. The van der Waals surface area contributed by atoms with Crippen LogP contribution in [-0.4, -0.2) is 53.2 Å². The Bertz CT molecular complexity index is 1100. The molecule has 4 rings (SSSR count). The molecule has 0 spiro atoms. The van der Waals surface area contributed by atoms with Crippen molar-refractivity contribution in [1.82, 2.24) is 19.8 Å². The third kappa shape index (κ3) is 4.13. The number of aryl methyl sites for hydroxylation is 2. The molecule has 1 aromatic carbocycles. The normalized spacial score (nSPS) is 15.8. The number of benzene rings is 1. The molecule has 1 amide bonds. The number of carbonyl (C=O) groups excluding carboxylic acids is 1. The number of amides is 1. The third-order valence-corrected chi connectivity index (χ3v) is 5.56. The summed E-state index contributed by atoms with van der Waals surface area (Å²) in [5.41, 5.74) is 2.59. The molecule has 0 saturated carbocycles. The Morgan fingerprint density at radius 2 is 2.03 bits per heavy atom. The summed E-state index contributed by atoms with van der Waals surface area (Å²) >= 11 is 0. The maximum absolute atomic E-state index is 13.0. The van der Waals surface area contributed by atoms with Crippen LogP contribution in [-0.2, 0) is 11.8 Å². The zero-order chi connectivity index (χ0) is 21.1. The van der Waals surface area contributed by atoms with Crippen LogP contribution >= 0.6 is 0 Å². The molecular weight excluding hydrogens is 380 g/mol. The van der Waals surface area contributed by atoms with E-state index in [-0.39, 0.29) is 22.9 Å². The van der Waals surface area contributed by atoms with Crippen molar-refractivity contribution in [2.24, 2.45) is 7.05 Å². The van der Waals surface area contributed by atoms with Crippen LogP contribution in [0.2, 0.25) is 0 Å². The largest absolute Gasteiger partial charge is 0.379 e. The van der Waals surface area contributed by atoms with Gasteiger partial charge >= 0.3 is 0 Å². The highest BCUT2D eigenvalue weighted by Gasteiger charge is 2.25. The Balaban J connectivity index is 1.59. The molecular formula is C23H26N4O3. The molecule has 1 unspecified atom stereocenters. The zero-order valence-electron chi connectivity index (χ0n) is 17.3. The van der Waals surface area contributed by atoms with Gasteiger partial charge in [-0.1, -0.05) is 17.7 Å². The minimum atomic E-state index is -0.367. The second-order valence-corrected chi connectivity index (χ2v) is 7.63. The summed E-state index contributed by atoms with van der Waals surface area (Å²) in [7, 11) is 1.85. The Morgan fingerprint density at radius 3 is 2.77 bits per heavy atom. The summed E-state index contributed by atoms with van der Waals surface area (Å²) in [5, 5.41) is 3.52. The molecule has 1 aliphatic heterocycles. The summed E-state index contributed by atoms with van der Waals surface area (Å²) in [5.74, 6) is -0.367. The van der Waals surface area contributed by atoms with E-state index in [9.17, 15) is 9.59 Å². The van der Waals surface area contributed by atoms with E-state index in [1.54, 1.807) is 12.4 Å². The van der Waals surface area contributed by atoms with E-state index in [2.05, 4.69) is 15.2 Å². The van der Waals surface area contributed by atoms with Gasteiger partial charge in [0.25, 0.3) is 5.91 Å². The molecule has 156 valence electrons. The zero-order valence-corrected chi connectivity index (χ0v) is 17.3. The topological polar surface area (TPSA) is 76.5 Å². The van der Waals surface area contributed by atoms with Crippen LogP contribution in [0.1, 0.15) is 27.7 Å². The molecule has 1 aliphatic rings. The van der Waals surface area contributed by atoms with Gasteiger partial charge in [-0.3, -0.25) is 19.5 Å². The van der Waals surface area contributed by atoms with Gasteiger partial charge in [-0.2, -0.15) is 0 Å². The van der Waals surface area contributed by atoms with Crippen LogP contribution in [0.5, 0.6) is 0 Å². The minimum Gasteiger partial charge on any atom is -0.379 e. The van der Waals surface area contributed by atoms with Crippen molar-refractivity contribution in [3.05, 3.63) is 75.8 Å². The number of pyridine rings is 2. The van der Waals surface area contributed by atoms with E-state index in [0.29, 0.717) is 25.1 Å². The molecule has 0 bridgehead atoms. The van der Waals surface area contributed by atoms with Gasteiger partial charge in [0.05, 0.1) is 30.5 Å². The Kier molecular flexibility index (Phi) is 5.92. The van der Waals surface area contributed by atoms with Crippen LogP contribution < -0.4 is 10.7 Å². The second-order valence-electron chi connectivity index (χ2n) is 7.63. The molecule has 0 aliphatic carbocycles. The van der Waals surface area contributed by atoms with Gasteiger partial charge in [-0.15, -0.1) is 0 Å². The standard InChI is InChI=1S/C23H26N4O3/c1-16-6-7-20-17(13-16)22(28)18(15-26(20)2)23(29)25-14-21(19-5-3-4-8-24-19)27-9-11-30-12-10-27/h3-8,13,15,21H,9-12,14H2,1-2H3,(H,25,29). The van der Waals surface area contributed by atoms with Crippen LogP contribution in [0.15, 0.2) is 53.6 Å². The quantitative estimate of drug-likeness (QED) is 0.702. The lowest BCUT2D eigenvalue weighted by Gasteiger charge is -2.34. The number of carbonyl (C=O) groups is 1. The number of aromatic nitrogens is 2. The van der Waals surface area contributed by atoms with Crippen LogP contribution in [0.4, 0.5) is 0 Å². The fourth-order valence-electron chi connectivity index (χ4n) is 3.94. The van der Waals surface area contributed by atoms with Gasteiger partial charge in [0.2, 0.25) is 5.43 Å². The van der Waals surface area contributed by atoms with Crippen molar-refractivity contribution < 1.29 is 9.53 Å². The number of morpholine rings is 1. The number of ether oxygens (including phenoxy) is 1. The van der Waals surface area contributed by atoms with Gasteiger partial charge in [0.1, 0.15) is 5.56 Å². The maximum Gasteiger partial charge on any atom is 0.256 e. The lowest BCUT2D eigenvalue weighted by molar-refractivity contribution is 0.0154. The SMILES string of the molecule is Cc1ccc2c(c1)c(=O)c(C(=O)NCC(c1ccccn1)N1CCOCC1)cn2C. The van der Waals surface area contributed by atoms with E-state index < -0.39 is 0 Å². The number of nitrogens with zero attached hydrogens (tertiary/aromatic N) is 3. The lowest BCUT2D eigenvalue weighted by Crippen LogP contribution is -2.44. The summed E-state index contributed by atoms with van der Waals surface area (Å²) in [6.07, 6.45) is 3.37. The third-order valence-electron chi connectivity index (χ3n) is 5.56. The summed E-state index contributed by atoms with van der Waals surface area (Å²) < 4.78 is 7.29. The monoisotopic (exact) mass is 406 g/mol. The van der Waals surface area contributed by atoms with Crippen LogP contribution in [0.3, 0.4) is 0 Å². The fourth-order valence-corrected chi connectivity index (χ4v) is 3.94. The highest BCUT2D eigenvalue weighted by atomic mass is 16.5. The van der Waals surface area contributed by atoms with Crippen molar-refractivity contribution in [2.75, 3.05) is 32.8 Å². The Labute approximate surface area is 175 Å². The highest BCUT2D eigenvalue weighted by molar-refractivity contribution is 5.97. The number of fused-ring (bicyclic) bond motifs is 1. The molecule has 30 heavy (non-hydrogen) atoms. The lowest BCUT2D eigenvalue weighted by atomic mass is 10.1. The van der Waals surface area contributed by atoms with Gasteiger partial charge in [0, 0.05) is 44.5 Å². The van der Waals surface area contributed by atoms with Crippen molar-refractivity contribution in [1.29, 1.82) is 0 Å². The molecule has 7 heteroatoms. The smallest absolute Gasteiger partial charge is 0.256 e. The molecule has 0 radical (unpaired) electrons. The second kappa shape index (κ2) is 8.77. The van der Waals surface area contributed by atoms with Gasteiger partial charge in [0.15, 0.2) is 0 Å². The van der Waals surface area contributed by atoms with E-state index >= 15 is 0 Å². The van der Waals surface area contributed by atoms with Crippen molar-refractivity contribution in [2.45, 2.75) is 13.0 Å². The molecule has 2 aromatic heterocycles.